The van der Waals surface area contributed by atoms with Gasteiger partial charge in [-0.3, -0.25) is 4.79 Å². The van der Waals surface area contributed by atoms with Crippen molar-refractivity contribution in [2.75, 3.05) is 6.61 Å². The van der Waals surface area contributed by atoms with E-state index >= 15 is 0 Å². The maximum Gasteiger partial charge on any atom is 0.321 e. The number of thiophene rings is 1. The number of aliphatic carboxylic acids is 1. The Kier molecular flexibility index (Phi) is 4.42. The largest absolute Gasteiger partial charge is 0.480 e. The first-order valence-electron chi connectivity index (χ1n) is 4.37. The maximum atomic E-state index is 11.6. The maximum absolute atomic E-state index is 11.6. The Morgan fingerprint density at radius 2 is 2.25 bits per heavy atom. The Balaban J connectivity index is 2.82. The second-order valence-electron chi connectivity index (χ2n) is 2.96. The third kappa shape index (κ3) is 3.27. The number of sulfonamides is 1. The van der Waals surface area contributed by atoms with Gasteiger partial charge in [-0.15, -0.1) is 11.3 Å². The molecule has 1 heterocycles. The van der Waals surface area contributed by atoms with E-state index in [-0.39, 0.29) is 10.6 Å². The van der Waals surface area contributed by atoms with Crippen LogP contribution in [0.5, 0.6) is 0 Å². The Bertz CT molecular complexity index is 439. The van der Waals surface area contributed by atoms with Gasteiger partial charge in [-0.1, -0.05) is 6.07 Å². The quantitative estimate of drug-likeness (QED) is 0.664. The predicted molar refractivity (Wildman–Crippen MR) is 57.8 cm³/mol. The highest BCUT2D eigenvalue weighted by Gasteiger charge is 2.25. The van der Waals surface area contributed by atoms with Gasteiger partial charge in [0.25, 0.3) is 10.0 Å². The smallest absolute Gasteiger partial charge is 0.321 e. The van der Waals surface area contributed by atoms with Gasteiger partial charge < -0.3 is 10.2 Å². The van der Waals surface area contributed by atoms with Crippen molar-refractivity contribution in [1.29, 1.82) is 0 Å². The van der Waals surface area contributed by atoms with Crippen LogP contribution in [0.2, 0.25) is 0 Å². The summed E-state index contributed by atoms with van der Waals surface area (Å²) in [4.78, 5) is 10.7. The summed E-state index contributed by atoms with van der Waals surface area (Å²) in [5, 5.41) is 18.9. The van der Waals surface area contributed by atoms with E-state index < -0.39 is 28.6 Å². The first-order valence-corrected chi connectivity index (χ1v) is 6.73. The Hall–Kier alpha value is -0.960. The molecule has 1 rings (SSSR count). The second kappa shape index (κ2) is 5.39. The van der Waals surface area contributed by atoms with Crippen LogP contribution in [0.3, 0.4) is 0 Å². The average molecular weight is 265 g/mol. The summed E-state index contributed by atoms with van der Waals surface area (Å²) in [6, 6.07) is 1.63. The summed E-state index contributed by atoms with van der Waals surface area (Å²) in [5.41, 5.74) is 0. The lowest BCUT2D eigenvalue weighted by molar-refractivity contribution is -0.139. The molecule has 0 radical (unpaired) electrons. The average Bonchev–Trinajstić information content (AvgIpc) is 2.69. The van der Waals surface area contributed by atoms with Crippen LogP contribution in [0.1, 0.15) is 6.42 Å². The molecule has 1 aromatic rings. The fraction of sp³-hybridized carbons (Fsp3) is 0.375. The molecule has 0 fully saturated rings. The topological polar surface area (TPSA) is 104 Å². The van der Waals surface area contributed by atoms with Crippen molar-refractivity contribution < 1.29 is 23.4 Å². The zero-order valence-electron chi connectivity index (χ0n) is 8.16. The predicted octanol–water partition coefficient (Wildman–Crippen LogP) is -0.138. The van der Waals surface area contributed by atoms with Gasteiger partial charge in [-0.25, -0.2) is 8.42 Å². The molecule has 90 valence electrons. The van der Waals surface area contributed by atoms with E-state index in [4.69, 9.17) is 10.2 Å². The molecule has 0 unspecified atom stereocenters. The first-order chi connectivity index (χ1) is 7.47. The molecule has 0 spiro atoms. The first kappa shape index (κ1) is 13.1. The summed E-state index contributed by atoms with van der Waals surface area (Å²) < 4.78 is 25.3. The van der Waals surface area contributed by atoms with Crippen LogP contribution >= 0.6 is 11.3 Å². The van der Waals surface area contributed by atoms with Crippen molar-refractivity contribution in [3.63, 3.8) is 0 Å². The Morgan fingerprint density at radius 1 is 1.56 bits per heavy atom. The number of carboxylic acids is 1. The van der Waals surface area contributed by atoms with Gasteiger partial charge >= 0.3 is 5.97 Å². The van der Waals surface area contributed by atoms with Gasteiger partial charge in [0, 0.05) is 6.61 Å². The van der Waals surface area contributed by atoms with Gasteiger partial charge in [0.15, 0.2) is 0 Å². The highest BCUT2D eigenvalue weighted by molar-refractivity contribution is 7.91. The Labute approximate surface area is 96.6 Å². The van der Waals surface area contributed by atoms with Crippen LogP contribution in [0.4, 0.5) is 0 Å². The zero-order valence-corrected chi connectivity index (χ0v) is 9.79. The molecule has 6 nitrogen and oxygen atoms in total. The summed E-state index contributed by atoms with van der Waals surface area (Å²) in [5.74, 6) is -1.31. The van der Waals surface area contributed by atoms with E-state index in [1.807, 2.05) is 4.72 Å². The highest BCUT2D eigenvalue weighted by atomic mass is 32.2. The van der Waals surface area contributed by atoms with Gasteiger partial charge in [-0.2, -0.15) is 4.72 Å². The van der Waals surface area contributed by atoms with Crippen LogP contribution in [0.15, 0.2) is 21.7 Å². The third-order valence-corrected chi connectivity index (χ3v) is 4.64. The van der Waals surface area contributed by atoms with E-state index in [0.717, 1.165) is 11.3 Å². The molecule has 0 saturated heterocycles. The van der Waals surface area contributed by atoms with Crippen molar-refractivity contribution in [2.24, 2.45) is 0 Å². The molecule has 0 amide bonds. The standard InChI is InChI=1S/C8H11NO5S2/c10-4-3-6(8(11)12)9-16(13,14)7-2-1-5-15-7/h1-2,5-6,9-10H,3-4H2,(H,11,12)/t6-/m1/s1. The van der Waals surface area contributed by atoms with Crippen LogP contribution in [-0.2, 0) is 14.8 Å². The van der Waals surface area contributed by atoms with Crippen LogP contribution in [0.25, 0.3) is 0 Å². The molecular formula is C8H11NO5S2. The van der Waals surface area contributed by atoms with Gasteiger partial charge in [-0.05, 0) is 17.9 Å². The molecule has 0 saturated carbocycles. The van der Waals surface area contributed by atoms with E-state index in [1.54, 1.807) is 11.4 Å². The van der Waals surface area contributed by atoms with E-state index in [1.165, 1.54) is 6.07 Å². The molecule has 1 atom stereocenters. The lowest BCUT2D eigenvalue weighted by atomic mass is 10.2. The number of hydrogen-bond donors (Lipinski definition) is 3. The summed E-state index contributed by atoms with van der Waals surface area (Å²) in [7, 11) is -3.81. The number of rotatable bonds is 6. The summed E-state index contributed by atoms with van der Waals surface area (Å²) in [6.07, 6.45) is -0.167. The van der Waals surface area contributed by atoms with Crippen molar-refractivity contribution in [3.8, 4) is 0 Å². The van der Waals surface area contributed by atoms with Gasteiger partial charge in [0.2, 0.25) is 0 Å². The molecule has 0 aromatic carbocycles. The molecule has 3 N–H and O–H groups in total. The number of aliphatic hydroxyl groups is 1. The zero-order chi connectivity index (χ0) is 12.2. The van der Waals surface area contributed by atoms with E-state index in [2.05, 4.69) is 0 Å². The molecule has 0 aliphatic carbocycles. The minimum atomic E-state index is -3.81. The van der Waals surface area contributed by atoms with Crippen molar-refractivity contribution >= 4 is 27.3 Å². The lowest BCUT2D eigenvalue weighted by Gasteiger charge is -2.12. The van der Waals surface area contributed by atoms with Crippen molar-refractivity contribution in [1.82, 2.24) is 4.72 Å². The number of hydrogen-bond acceptors (Lipinski definition) is 5. The number of aliphatic hydroxyl groups excluding tert-OH is 1. The highest BCUT2D eigenvalue weighted by Crippen LogP contribution is 2.16. The fourth-order valence-electron chi connectivity index (χ4n) is 1.02. The molecule has 0 aliphatic rings. The molecule has 1 aromatic heterocycles. The molecular weight excluding hydrogens is 254 g/mol. The minimum absolute atomic E-state index is 0.0525. The summed E-state index contributed by atoms with van der Waals surface area (Å²) in [6.45, 7) is -0.399. The van der Waals surface area contributed by atoms with E-state index in [9.17, 15) is 13.2 Å². The van der Waals surface area contributed by atoms with Crippen LogP contribution in [0, 0.1) is 0 Å². The molecule has 8 heteroatoms. The van der Waals surface area contributed by atoms with Crippen molar-refractivity contribution in [3.05, 3.63) is 17.5 Å². The summed E-state index contributed by atoms with van der Waals surface area (Å²) >= 11 is 0.996. The second-order valence-corrected chi connectivity index (χ2v) is 5.84. The number of carboxylic acid groups (broad SMARTS) is 1. The minimum Gasteiger partial charge on any atom is -0.480 e. The normalized spacial score (nSPS) is 13.6. The van der Waals surface area contributed by atoms with Gasteiger partial charge in [0.05, 0.1) is 0 Å². The van der Waals surface area contributed by atoms with Gasteiger partial charge in [0.1, 0.15) is 10.3 Å². The fourth-order valence-corrected chi connectivity index (χ4v) is 3.26. The lowest BCUT2D eigenvalue weighted by Crippen LogP contribution is -2.41. The molecule has 16 heavy (non-hydrogen) atoms. The van der Waals surface area contributed by atoms with E-state index in [0.29, 0.717) is 0 Å². The van der Waals surface area contributed by atoms with Crippen molar-refractivity contribution in [2.45, 2.75) is 16.7 Å². The monoisotopic (exact) mass is 265 g/mol. The third-order valence-electron chi connectivity index (χ3n) is 1.77. The Morgan fingerprint density at radius 3 is 2.69 bits per heavy atom. The van der Waals surface area contributed by atoms with Crippen LogP contribution in [-0.4, -0.2) is 37.2 Å². The SMILES string of the molecule is O=C(O)[C@@H](CCO)NS(=O)(=O)c1cccs1. The number of nitrogens with one attached hydrogen (secondary N) is 1. The molecule has 0 aliphatic heterocycles. The molecule has 0 bridgehead atoms. The van der Waals surface area contributed by atoms with Crippen LogP contribution < -0.4 is 4.72 Å². The number of carbonyl (C=O) groups is 1.